The Kier molecular flexibility index (Phi) is 5.53. The first kappa shape index (κ1) is 20.2. The molecular formula is C23H22FN7O. The van der Waals surface area contributed by atoms with Crippen molar-refractivity contribution < 1.29 is 9.13 Å². The summed E-state index contributed by atoms with van der Waals surface area (Å²) in [5.74, 6) is 1.02. The van der Waals surface area contributed by atoms with Crippen LogP contribution in [0.5, 0.6) is 6.01 Å². The molecule has 1 aliphatic carbocycles. The first-order valence-corrected chi connectivity index (χ1v) is 10.6. The third kappa shape index (κ3) is 4.32. The first-order chi connectivity index (χ1) is 15.7. The van der Waals surface area contributed by atoms with Gasteiger partial charge in [-0.05, 0) is 55.4 Å². The molecule has 4 aromatic rings. The van der Waals surface area contributed by atoms with Crippen LogP contribution in [0.25, 0.3) is 34.0 Å². The number of H-pyrrole nitrogens is 1. The van der Waals surface area contributed by atoms with E-state index in [1.54, 1.807) is 36.8 Å². The summed E-state index contributed by atoms with van der Waals surface area (Å²) in [5.41, 5.74) is 2.24. The molecular weight excluding hydrogens is 409 g/mol. The van der Waals surface area contributed by atoms with Crippen LogP contribution < -0.4 is 4.74 Å². The highest BCUT2D eigenvalue weighted by molar-refractivity contribution is 5.68. The molecule has 0 amide bonds. The third-order valence-electron chi connectivity index (χ3n) is 5.72. The van der Waals surface area contributed by atoms with Crippen LogP contribution in [-0.2, 0) is 0 Å². The number of ether oxygens (including phenoxy) is 1. The van der Waals surface area contributed by atoms with Crippen LogP contribution in [0.4, 0.5) is 4.39 Å². The Morgan fingerprint density at radius 1 is 1.00 bits per heavy atom. The molecule has 5 rings (SSSR count). The smallest absolute Gasteiger partial charge is 0.316 e. The molecule has 0 atom stereocenters. The molecule has 162 valence electrons. The van der Waals surface area contributed by atoms with Gasteiger partial charge in [-0.3, -0.25) is 5.10 Å². The number of hydrogen-bond acceptors (Lipinski definition) is 7. The van der Waals surface area contributed by atoms with E-state index in [1.807, 2.05) is 0 Å². The van der Waals surface area contributed by atoms with Crippen LogP contribution in [0.1, 0.15) is 32.6 Å². The quantitative estimate of drug-likeness (QED) is 0.497. The fourth-order valence-electron chi connectivity index (χ4n) is 3.83. The molecule has 1 saturated carbocycles. The SMILES string of the molecule is CC1CCC(Oc2ncc(-c3ccc(-c4n[nH]c(-c5ccncn5)n4)c(F)c3)cn2)CC1. The molecule has 0 unspecified atom stereocenters. The highest BCUT2D eigenvalue weighted by atomic mass is 19.1. The Morgan fingerprint density at radius 3 is 2.53 bits per heavy atom. The molecule has 0 radical (unpaired) electrons. The van der Waals surface area contributed by atoms with Crippen LogP contribution >= 0.6 is 0 Å². The Hall–Kier alpha value is -3.75. The summed E-state index contributed by atoms with van der Waals surface area (Å²) in [6.07, 6.45) is 10.9. The summed E-state index contributed by atoms with van der Waals surface area (Å²) in [6, 6.07) is 6.93. The maximum absolute atomic E-state index is 14.9. The lowest BCUT2D eigenvalue weighted by atomic mass is 9.89. The number of rotatable bonds is 5. The van der Waals surface area contributed by atoms with Gasteiger partial charge in [-0.25, -0.2) is 29.3 Å². The average Bonchev–Trinajstić information content (AvgIpc) is 3.32. The second kappa shape index (κ2) is 8.78. The van der Waals surface area contributed by atoms with Crippen LogP contribution in [-0.4, -0.2) is 41.2 Å². The van der Waals surface area contributed by atoms with Gasteiger partial charge in [0.25, 0.3) is 0 Å². The van der Waals surface area contributed by atoms with E-state index in [2.05, 4.69) is 42.0 Å². The van der Waals surface area contributed by atoms with E-state index in [1.165, 1.54) is 25.2 Å². The van der Waals surface area contributed by atoms with Crippen LogP contribution in [0.2, 0.25) is 0 Å². The van der Waals surface area contributed by atoms with E-state index in [0.29, 0.717) is 28.7 Å². The summed E-state index contributed by atoms with van der Waals surface area (Å²) in [6.45, 7) is 2.27. The van der Waals surface area contributed by atoms with E-state index in [-0.39, 0.29) is 17.5 Å². The van der Waals surface area contributed by atoms with Crippen molar-refractivity contribution in [3.05, 3.63) is 55.0 Å². The fourth-order valence-corrected chi connectivity index (χ4v) is 3.83. The third-order valence-corrected chi connectivity index (χ3v) is 5.72. The molecule has 0 bridgehead atoms. The van der Waals surface area contributed by atoms with E-state index >= 15 is 0 Å². The summed E-state index contributed by atoms with van der Waals surface area (Å²) < 4.78 is 20.8. The summed E-state index contributed by atoms with van der Waals surface area (Å²) in [7, 11) is 0. The van der Waals surface area contributed by atoms with Crippen LogP contribution in [0.15, 0.2) is 49.2 Å². The minimum Gasteiger partial charge on any atom is -0.460 e. The van der Waals surface area contributed by atoms with Gasteiger partial charge in [0.1, 0.15) is 23.9 Å². The Bertz CT molecular complexity index is 1190. The largest absolute Gasteiger partial charge is 0.460 e. The maximum Gasteiger partial charge on any atom is 0.316 e. The molecule has 1 N–H and O–H groups in total. The lowest BCUT2D eigenvalue weighted by molar-refractivity contribution is 0.124. The predicted molar refractivity (Wildman–Crippen MR) is 116 cm³/mol. The molecule has 8 nitrogen and oxygen atoms in total. The topological polar surface area (TPSA) is 102 Å². The van der Waals surface area contributed by atoms with Gasteiger partial charge in [-0.2, -0.15) is 5.10 Å². The number of nitrogens with one attached hydrogen (secondary N) is 1. The second-order valence-corrected chi connectivity index (χ2v) is 8.05. The number of aromatic nitrogens is 7. The van der Waals surface area contributed by atoms with Crippen molar-refractivity contribution in [1.29, 1.82) is 0 Å². The number of aromatic amines is 1. The van der Waals surface area contributed by atoms with Gasteiger partial charge in [-0.1, -0.05) is 13.0 Å². The molecule has 0 aliphatic heterocycles. The van der Waals surface area contributed by atoms with Crippen molar-refractivity contribution in [3.8, 4) is 40.0 Å². The summed E-state index contributed by atoms with van der Waals surface area (Å²) in [4.78, 5) is 21.0. The first-order valence-electron chi connectivity index (χ1n) is 10.6. The minimum atomic E-state index is -0.438. The Morgan fingerprint density at radius 2 is 1.81 bits per heavy atom. The van der Waals surface area contributed by atoms with Crippen molar-refractivity contribution in [2.24, 2.45) is 5.92 Å². The van der Waals surface area contributed by atoms with Gasteiger partial charge in [0.15, 0.2) is 11.6 Å². The lowest BCUT2D eigenvalue weighted by Crippen LogP contribution is -2.23. The van der Waals surface area contributed by atoms with Crippen molar-refractivity contribution in [2.75, 3.05) is 0 Å². The monoisotopic (exact) mass is 431 g/mol. The maximum atomic E-state index is 14.9. The van der Waals surface area contributed by atoms with Gasteiger partial charge in [-0.15, -0.1) is 0 Å². The number of nitrogens with zero attached hydrogens (tertiary/aromatic N) is 6. The lowest BCUT2D eigenvalue weighted by Gasteiger charge is -2.25. The predicted octanol–water partition coefficient (Wildman–Crippen LogP) is 4.48. The minimum absolute atomic E-state index is 0.169. The highest BCUT2D eigenvalue weighted by Gasteiger charge is 2.20. The van der Waals surface area contributed by atoms with Crippen molar-refractivity contribution in [1.82, 2.24) is 35.1 Å². The number of halogens is 1. The Labute approximate surface area is 184 Å². The Balaban J connectivity index is 1.31. The number of hydrogen-bond donors (Lipinski definition) is 1. The molecule has 0 spiro atoms. The zero-order valence-corrected chi connectivity index (χ0v) is 17.6. The average molecular weight is 431 g/mol. The number of benzene rings is 1. The molecule has 9 heteroatoms. The van der Waals surface area contributed by atoms with E-state index < -0.39 is 5.82 Å². The zero-order valence-electron chi connectivity index (χ0n) is 17.6. The molecule has 1 aromatic carbocycles. The molecule has 0 saturated heterocycles. The molecule has 3 aromatic heterocycles. The van der Waals surface area contributed by atoms with E-state index in [0.717, 1.165) is 18.8 Å². The van der Waals surface area contributed by atoms with Gasteiger partial charge in [0, 0.05) is 24.2 Å². The van der Waals surface area contributed by atoms with Crippen molar-refractivity contribution >= 4 is 0 Å². The van der Waals surface area contributed by atoms with Gasteiger partial charge >= 0.3 is 6.01 Å². The fraction of sp³-hybridized carbons (Fsp3) is 0.304. The second-order valence-electron chi connectivity index (χ2n) is 8.05. The van der Waals surface area contributed by atoms with Crippen LogP contribution in [0.3, 0.4) is 0 Å². The molecule has 1 fully saturated rings. The highest BCUT2D eigenvalue weighted by Crippen LogP contribution is 2.28. The van der Waals surface area contributed by atoms with Gasteiger partial charge < -0.3 is 4.74 Å². The molecule has 32 heavy (non-hydrogen) atoms. The summed E-state index contributed by atoms with van der Waals surface area (Å²) in [5, 5.41) is 6.90. The van der Waals surface area contributed by atoms with Crippen molar-refractivity contribution in [3.63, 3.8) is 0 Å². The zero-order chi connectivity index (χ0) is 21.9. The van der Waals surface area contributed by atoms with Gasteiger partial charge in [0.2, 0.25) is 0 Å². The summed E-state index contributed by atoms with van der Waals surface area (Å²) >= 11 is 0. The van der Waals surface area contributed by atoms with Crippen LogP contribution in [0, 0.1) is 11.7 Å². The van der Waals surface area contributed by atoms with Gasteiger partial charge in [0.05, 0.1) is 5.56 Å². The van der Waals surface area contributed by atoms with Crippen molar-refractivity contribution in [2.45, 2.75) is 38.7 Å². The standard InChI is InChI=1S/C23H22FN7O/c1-14-2-5-17(6-3-14)32-23-26-11-16(12-27-23)15-4-7-18(19(24)10-15)21-29-22(31-30-21)20-8-9-25-13-28-20/h4,7-14,17H,2-3,5-6H2,1H3,(H,29,30,31). The molecule has 1 aliphatic rings. The molecule has 3 heterocycles. The van der Waals surface area contributed by atoms with E-state index in [4.69, 9.17) is 4.74 Å². The normalized spacial score (nSPS) is 18.4. The van der Waals surface area contributed by atoms with E-state index in [9.17, 15) is 4.39 Å².